The Morgan fingerprint density at radius 1 is 0.320 bits per heavy atom. The van der Waals surface area contributed by atoms with Crippen LogP contribution in [-0.4, -0.2) is 9.97 Å². The van der Waals surface area contributed by atoms with Crippen molar-refractivity contribution < 1.29 is 8.83 Å². The van der Waals surface area contributed by atoms with Crippen molar-refractivity contribution in [1.82, 2.24) is 9.97 Å². The van der Waals surface area contributed by atoms with E-state index in [2.05, 4.69) is 133 Å². The number of para-hydroxylation sites is 4. The van der Waals surface area contributed by atoms with Crippen LogP contribution in [0.5, 0.6) is 0 Å². The highest BCUT2D eigenvalue weighted by atomic mass is 16.3. The first-order valence-corrected chi connectivity index (χ1v) is 16.7. The zero-order valence-electron chi connectivity index (χ0n) is 26.9. The number of fused-ring (bicyclic) bond motifs is 6. The molecule has 4 heteroatoms. The van der Waals surface area contributed by atoms with E-state index < -0.39 is 0 Å². The predicted molar refractivity (Wildman–Crippen MR) is 204 cm³/mol. The standard InChI is InChI=1S/C46H28N2O2/c1-3-19-43-37(13-1)39-17-7-15-35(45(39)49-43)33-11-5-9-29(25-33)31-21-23-47-41(27-31)42-28-32(22-24-48-42)30-10-6-12-34(26-30)36-16-8-18-40-38-14-2-4-20-44(38)50-46(36)40/h1-28H. The Hall–Kier alpha value is -6.78. The average Bonchev–Trinajstić information content (AvgIpc) is 3.77. The molecule has 4 aromatic heterocycles. The van der Waals surface area contributed by atoms with Crippen LogP contribution in [0.15, 0.2) is 179 Å². The molecule has 10 aromatic rings. The van der Waals surface area contributed by atoms with E-state index in [1.807, 2.05) is 36.7 Å². The Balaban J connectivity index is 0.996. The largest absolute Gasteiger partial charge is 0.455 e. The van der Waals surface area contributed by atoms with Gasteiger partial charge in [-0.3, -0.25) is 9.97 Å². The number of hydrogen-bond donors (Lipinski definition) is 0. The molecule has 0 aliphatic heterocycles. The Morgan fingerprint density at radius 3 is 1.22 bits per heavy atom. The molecule has 234 valence electrons. The highest BCUT2D eigenvalue weighted by molar-refractivity contribution is 6.10. The molecule has 0 aliphatic rings. The fraction of sp³-hybridized carbons (Fsp3) is 0. The number of pyridine rings is 2. The Bertz CT molecular complexity index is 2700. The lowest BCUT2D eigenvalue weighted by atomic mass is 9.96. The van der Waals surface area contributed by atoms with Gasteiger partial charge in [0.05, 0.1) is 11.4 Å². The molecule has 0 radical (unpaired) electrons. The molecule has 0 saturated heterocycles. The number of furan rings is 2. The lowest BCUT2D eigenvalue weighted by Crippen LogP contribution is -1.90. The first kappa shape index (κ1) is 28.3. The third-order valence-electron chi connectivity index (χ3n) is 9.60. The average molecular weight is 641 g/mol. The molecular formula is C46H28N2O2. The predicted octanol–water partition coefficient (Wildman–Crippen LogP) is 12.6. The summed E-state index contributed by atoms with van der Waals surface area (Å²) in [4.78, 5) is 9.49. The SMILES string of the molecule is c1cc(-c2ccnc(-c3cc(-c4cccc(-c5cccc6c5oc5ccccc56)c4)ccn3)c2)cc(-c2cccc3c2oc2ccccc23)c1. The molecule has 4 nitrogen and oxygen atoms in total. The van der Waals surface area contributed by atoms with Gasteiger partial charge in [-0.1, -0.05) is 109 Å². The number of hydrogen-bond acceptors (Lipinski definition) is 4. The molecule has 0 aliphatic carbocycles. The van der Waals surface area contributed by atoms with E-state index in [9.17, 15) is 0 Å². The monoisotopic (exact) mass is 640 g/mol. The summed E-state index contributed by atoms with van der Waals surface area (Å²) in [6, 6.07) is 54.7. The van der Waals surface area contributed by atoms with Gasteiger partial charge in [0.25, 0.3) is 0 Å². The lowest BCUT2D eigenvalue weighted by Gasteiger charge is -2.10. The van der Waals surface area contributed by atoms with Crippen molar-refractivity contribution in [2.24, 2.45) is 0 Å². The van der Waals surface area contributed by atoms with Crippen molar-refractivity contribution in [3.05, 3.63) is 170 Å². The fourth-order valence-electron chi connectivity index (χ4n) is 7.18. The molecule has 0 N–H and O–H groups in total. The number of rotatable bonds is 5. The van der Waals surface area contributed by atoms with Gasteiger partial charge in [0.15, 0.2) is 0 Å². The molecule has 4 heterocycles. The van der Waals surface area contributed by atoms with Crippen LogP contribution in [0.3, 0.4) is 0 Å². The molecular weight excluding hydrogens is 613 g/mol. The summed E-state index contributed by atoms with van der Waals surface area (Å²) in [7, 11) is 0. The molecule has 0 saturated carbocycles. The van der Waals surface area contributed by atoms with Gasteiger partial charge in [0.1, 0.15) is 22.3 Å². The minimum Gasteiger partial charge on any atom is -0.455 e. The first-order chi connectivity index (χ1) is 24.8. The van der Waals surface area contributed by atoms with Crippen LogP contribution in [-0.2, 0) is 0 Å². The minimum absolute atomic E-state index is 0.817. The van der Waals surface area contributed by atoms with E-state index in [0.29, 0.717) is 0 Å². The first-order valence-electron chi connectivity index (χ1n) is 16.7. The Morgan fingerprint density at radius 2 is 0.720 bits per heavy atom. The number of benzene rings is 6. The van der Waals surface area contributed by atoms with Gasteiger partial charge in [0.2, 0.25) is 0 Å². The van der Waals surface area contributed by atoms with Gasteiger partial charge in [-0.2, -0.15) is 0 Å². The van der Waals surface area contributed by atoms with Crippen molar-refractivity contribution in [2.45, 2.75) is 0 Å². The van der Waals surface area contributed by atoms with Gasteiger partial charge in [-0.05, 0) is 81.9 Å². The maximum absolute atomic E-state index is 6.35. The van der Waals surface area contributed by atoms with E-state index in [4.69, 9.17) is 18.8 Å². The number of nitrogens with zero attached hydrogens (tertiary/aromatic N) is 2. The van der Waals surface area contributed by atoms with Crippen molar-refractivity contribution in [1.29, 1.82) is 0 Å². The maximum Gasteiger partial charge on any atom is 0.143 e. The molecule has 0 unspecified atom stereocenters. The summed E-state index contributed by atoms with van der Waals surface area (Å²) < 4.78 is 12.7. The quantitative estimate of drug-likeness (QED) is 0.188. The van der Waals surface area contributed by atoms with Gasteiger partial charge in [-0.15, -0.1) is 0 Å². The van der Waals surface area contributed by atoms with E-state index in [1.54, 1.807) is 0 Å². The van der Waals surface area contributed by atoms with Gasteiger partial charge >= 0.3 is 0 Å². The van der Waals surface area contributed by atoms with E-state index in [0.717, 1.165) is 99.8 Å². The molecule has 0 amide bonds. The minimum atomic E-state index is 0.817. The molecule has 50 heavy (non-hydrogen) atoms. The summed E-state index contributed by atoms with van der Waals surface area (Å²) in [5.41, 5.74) is 13.9. The molecule has 0 bridgehead atoms. The second-order valence-electron chi connectivity index (χ2n) is 12.6. The highest BCUT2D eigenvalue weighted by Gasteiger charge is 2.15. The molecule has 0 fully saturated rings. The van der Waals surface area contributed by atoms with Crippen LogP contribution in [0.2, 0.25) is 0 Å². The van der Waals surface area contributed by atoms with Gasteiger partial charge in [0, 0.05) is 45.1 Å². The van der Waals surface area contributed by atoms with E-state index in [1.165, 1.54) is 0 Å². The Kier molecular flexibility index (Phi) is 6.46. The van der Waals surface area contributed by atoms with Crippen LogP contribution in [0.1, 0.15) is 0 Å². The van der Waals surface area contributed by atoms with Crippen molar-refractivity contribution in [2.75, 3.05) is 0 Å². The second-order valence-corrected chi connectivity index (χ2v) is 12.6. The summed E-state index contributed by atoms with van der Waals surface area (Å²) in [6.45, 7) is 0. The van der Waals surface area contributed by atoms with Crippen LogP contribution >= 0.6 is 0 Å². The van der Waals surface area contributed by atoms with E-state index in [-0.39, 0.29) is 0 Å². The Labute approximate surface area is 287 Å². The third kappa shape index (κ3) is 4.69. The van der Waals surface area contributed by atoms with E-state index >= 15 is 0 Å². The molecule has 0 spiro atoms. The summed E-state index contributed by atoms with van der Waals surface area (Å²) in [5.74, 6) is 0. The zero-order chi connectivity index (χ0) is 33.0. The van der Waals surface area contributed by atoms with Crippen molar-refractivity contribution in [3.8, 4) is 55.9 Å². The summed E-state index contributed by atoms with van der Waals surface area (Å²) in [6.07, 6.45) is 3.72. The third-order valence-corrected chi connectivity index (χ3v) is 9.60. The topological polar surface area (TPSA) is 52.1 Å². The smallest absolute Gasteiger partial charge is 0.143 e. The number of aromatic nitrogens is 2. The fourth-order valence-corrected chi connectivity index (χ4v) is 7.18. The normalized spacial score (nSPS) is 11.6. The lowest BCUT2D eigenvalue weighted by molar-refractivity contribution is 0.669. The molecule has 6 aromatic carbocycles. The van der Waals surface area contributed by atoms with Crippen LogP contribution in [0.4, 0.5) is 0 Å². The maximum atomic E-state index is 6.35. The van der Waals surface area contributed by atoms with Crippen molar-refractivity contribution >= 4 is 43.9 Å². The zero-order valence-corrected chi connectivity index (χ0v) is 26.9. The van der Waals surface area contributed by atoms with Gasteiger partial charge in [-0.25, -0.2) is 0 Å². The van der Waals surface area contributed by atoms with Crippen molar-refractivity contribution in [3.63, 3.8) is 0 Å². The highest BCUT2D eigenvalue weighted by Crippen LogP contribution is 2.39. The summed E-state index contributed by atoms with van der Waals surface area (Å²) in [5, 5.41) is 4.50. The van der Waals surface area contributed by atoms with Crippen LogP contribution < -0.4 is 0 Å². The van der Waals surface area contributed by atoms with Crippen LogP contribution in [0, 0.1) is 0 Å². The molecule has 0 atom stereocenters. The van der Waals surface area contributed by atoms with Gasteiger partial charge < -0.3 is 8.83 Å². The molecule has 10 rings (SSSR count). The summed E-state index contributed by atoms with van der Waals surface area (Å²) >= 11 is 0. The second kappa shape index (κ2) is 11.4. The van der Waals surface area contributed by atoms with Crippen LogP contribution in [0.25, 0.3) is 99.8 Å².